The van der Waals surface area contributed by atoms with Gasteiger partial charge in [0.2, 0.25) is 0 Å². The Morgan fingerprint density at radius 2 is 2.00 bits per heavy atom. The van der Waals surface area contributed by atoms with Gasteiger partial charge in [-0.2, -0.15) is 0 Å². The molecule has 23 heavy (non-hydrogen) atoms. The molecule has 1 aliphatic rings. The van der Waals surface area contributed by atoms with E-state index in [-0.39, 0.29) is 36.8 Å². The number of nitrogens with zero attached hydrogens (tertiary/aromatic N) is 1. The number of nitrogens with one attached hydrogen (secondary N) is 1. The Morgan fingerprint density at radius 3 is 2.61 bits per heavy atom. The summed E-state index contributed by atoms with van der Waals surface area (Å²) >= 11 is 0. The van der Waals surface area contributed by atoms with Crippen molar-refractivity contribution in [1.29, 1.82) is 0 Å². The van der Waals surface area contributed by atoms with Gasteiger partial charge in [0.05, 0.1) is 0 Å². The molecule has 1 fully saturated rings. The smallest absolute Gasteiger partial charge is 0.273 e. The first-order chi connectivity index (χ1) is 10.1. The predicted molar refractivity (Wildman–Crippen MR) is 94.2 cm³/mol. The second-order valence-electron chi connectivity index (χ2n) is 5.61. The fraction of sp³-hybridized carbons (Fsp3) is 0.375. The minimum absolute atomic E-state index is 0. The van der Waals surface area contributed by atoms with E-state index in [9.17, 15) is 4.79 Å². The van der Waals surface area contributed by atoms with Crippen molar-refractivity contribution in [2.24, 2.45) is 11.7 Å². The topological polar surface area (TPSA) is 81.2 Å². The van der Waals surface area contributed by atoms with Gasteiger partial charge in [0.1, 0.15) is 0 Å². The second kappa shape index (κ2) is 8.34. The van der Waals surface area contributed by atoms with Crippen molar-refractivity contribution in [3.05, 3.63) is 41.9 Å². The number of halogens is 2. The van der Waals surface area contributed by atoms with Crippen LogP contribution in [0.25, 0.3) is 11.3 Å². The summed E-state index contributed by atoms with van der Waals surface area (Å²) in [4.78, 5) is 16.3. The number of hydrogen-bond acceptors (Lipinski definition) is 4. The summed E-state index contributed by atoms with van der Waals surface area (Å²) < 4.78 is 5.38. The molecular formula is C16H21Cl2N3O2. The van der Waals surface area contributed by atoms with E-state index in [4.69, 9.17) is 10.2 Å². The fourth-order valence-corrected chi connectivity index (χ4v) is 2.30. The van der Waals surface area contributed by atoms with Crippen molar-refractivity contribution in [2.75, 3.05) is 6.54 Å². The summed E-state index contributed by atoms with van der Waals surface area (Å²) in [6, 6.07) is 7.82. The summed E-state index contributed by atoms with van der Waals surface area (Å²) in [7, 11) is 0. The van der Waals surface area contributed by atoms with Gasteiger partial charge in [-0.15, -0.1) is 24.8 Å². The van der Waals surface area contributed by atoms with Gasteiger partial charge in [0.25, 0.3) is 5.91 Å². The van der Waals surface area contributed by atoms with Crippen molar-refractivity contribution in [3.8, 4) is 11.3 Å². The Morgan fingerprint density at radius 1 is 1.35 bits per heavy atom. The number of amides is 1. The summed E-state index contributed by atoms with van der Waals surface area (Å²) in [6.45, 7) is 2.49. The maximum absolute atomic E-state index is 12.2. The maximum Gasteiger partial charge on any atom is 0.273 e. The minimum Gasteiger partial charge on any atom is -0.443 e. The van der Waals surface area contributed by atoms with Crippen molar-refractivity contribution < 1.29 is 9.21 Å². The van der Waals surface area contributed by atoms with E-state index in [1.165, 1.54) is 6.39 Å². The Labute approximate surface area is 147 Å². The average molecular weight is 358 g/mol. The highest BCUT2D eigenvalue weighted by Gasteiger charge is 2.29. The van der Waals surface area contributed by atoms with E-state index in [1.807, 2.05) is 31.2 Å². The summed E-state index contributed by atoms with van der Waals surface area (Å²) in [6.07, 6.45) is 3.62. The molecule has 3 rings (SSSR count). The van der Waals surface area contributed by atoms with Gasteiger partial charge in [0, 0.05) is 18.2 Å². The third kappa shape index (κ3) is 4.70. The van der Waals surface area contributed by atoms with E-state index < -0.39 is 0 Å². The lowest BCUT2D eigenvalue weighted by molar-refractivity contribution is 0.0946. The van der Waals surface area contributed by atoms with Crippen LogP contribution >= 0.6 is 24.8 Å². The Bertz CT molecular complexity index is 639. The first-order valence-corrected chi connectivity index (χ1v) is 7.19. The predicted octanol–water partition coefficient (Wildman–Crippen LogP) is 2.96. The number of aromatic nitrogens is 1. The highest BCUT2D eigenvalue weighted by molar-refractivity contribution is 5.97. The zero-order valence-corrected chi connectivity index (χ0v) is 14.5. The summed E-state index contributed by atoms with van der Waals surface area (Å²) in [5.74, 6) is 0.807. The molecule has 0 saturated heterocycles. The van der Waals surface area contributed by atoms with Gasteiger partial charge in [0.15, 0.2) is 17.8 Å². The molecule has 0 bridgehead atoms. The first-order valence-electron chi connectivity index (χ1n) is 7.19. The van der Waals surface area contributed by atoms with Crippen LogP contribution in [0, 0.1) is 12.8 Å². The number of nitrogens with two attached hydrogens (primary N) is 1. The standard InChI is InChI=1S/C16H19N3O2.2ClH/c1-10-2-4-12(5-3-10)15-14(19-9-21-15)16(20)18-8-13(17)11-6-7-11;;/h2-5,9,11,13H,6-8,17H2,1H3,(H,18,20);2*1H. The van der Waals surface area contributed by atoms with Gasteiger partial charge in [-0.1, -0.05) is 29.8 Å². The van der Waals surface area contributed by atoms with E-state index in [0.29, 0.717) is 23.9 Å². The molecule has 0 radical (unpaired) electrons. The molecule has 1 heterocycles. The Balaban J connectivity index is 0.00000132. The molecular weight excluding hydrogens is 337 g/mol. The van der Waals surface area contributed by atoms with Crippen LogP contribution in [0.4, 0.5) is 0 Å². The molecule has 5 nitrogen and oxygen atoms in total. The molecule has 1 saturated carbocycles. The van der Waals surface area contributed by atoms with Crippen LogP contribution in [0.2, 0.25) is 0 Å². The lowest BCUT2D eigenvalue weighted by atomic mass is 10.1. The fourth-order valence-electron chi connectivity index (χ4n) is 2.30. The van der Waals surface area contributed by atoms with Crippen LogP contribution in [0.3, 0.4) is 0 Å². The summed E-state index contributed by atoms with van der Waals surface area (Å²) in [5.41, 5.74) is 8.29. The number of rotatable bonds is 5. The lowest BCUT2D eigenvalue weighted by Gasteiger charge is -2.11. The number of carbonyl (C=O) groups is 1. The third-order valence-corrected chi connectivity index (χ3v) is 3.82. The van der Waals surface area contributed by atoms with Crippen molar-refractivity contribution in [3.63, 3.8) is 0 Å². The number of oxazole rings is 1. The molecule has 1 atom stereocenters. The molecule has 1 aromatic heterocycles. The molecule has 1 aromatic carbocycles. The molecule has 2 aromatic rings. The molecule has 0 aliphatic heterocycles. The SMILES string of the molecule is Cc1ccc(-c2ocnc2C(=O)NCC(N)C2CC2)cc1.Cl.Cl. The van der Waals surface area contributed by atoms with Gasteiger partial charge in [-0.05, 0) is 25.7 Å². The molecule has 7 heteroatoms. The van der Waals surface area contributed by atoms with Crippen LogP contribution in [0.5, 0.6) is 0 Å². The van der Waals surface area contributed by atoms with Crippen LogP contribution in [-0.4, -0.2) is 23.5 Å². The molecule has 126 valence electrons. The van der Waals surface area contributed by atoms with Gasteiger partial charge < -0.3 is 15.5 Å². The van der Waals surface area contributed by atoms with Crippen LogP contribution in [0.15, 0.2) is 35.1 Å². The average Bonchev–Trinajstić information content (AvgIpc) is 3.23. The zero-order chi connectivity index (χ0) is 14.8. The highest BCUT2D eigenvalue weighted by atomic mass is 35.5. The van der Waals surface area contributed by atoms with E-state index in [0.717, 1.165) is 24.0 Å². The van der Waals surface area contributed by atoms with E-state index in [1.54, 1.807) is 0 Å². The first kappa shape index (κ1) is 19.5. The number of hydrogen-bond donors (Lipinski definition) is 2. The number of benzene rings is 1. The van der Waals surface area contributed by atoms with Gasteiger partial charge in [-0.3, -0.25) is 4.79 Å². The van der Waals surface area contributed by atoms with Crippen LogP contribution in [0.1, 0.15) is 28.9 Å². The van der Waals surface area contributed by atoms with E-state index >= 15 is 0 Å². The largest absolute Gasteiger partial charge is 0.443 e. The van der Waals surface area contributed by atoms with Crippen LogP contribution in [-0.2, 0) is 0 Å². The molecule has 0 spiro atoms. The van der Waals surface area contributed by atoms with Crippen molar-refractivity contribution >= 4 is 30.7 Å². The van der Waals surface area contributed by atoms with Crippen molar-refractivity contribution in [1.82, 2.24) is 10.3 Å². The quantitative estimate of drug-likeness (QED) is 0.861. The molecule has 3 N–H and O–H groups in total. The minimum atomic E-state index is -0.240. The Hall–Kier alpha value is -1.56. The summed E-state index contributed by atoms with van der Waals surface area (Å²) in [5, 5.41) is 2.84. The molecule has 1 unspecified atom stereocenters. The van der Waals surface area contributed by atoms with E-state index in [2.05, 4.69) is 10.3 Å². The zero-order valence-electron chi connectivity index (χ0n) is 12.8. The third-order valence-electron chi connectivity index (χ3n) is 3.82. The highest BCUT2D eigenvalue weighted by Crippen LogP contribution is 2.31. The molecule has 1 aliphatic carbocycles. The Kier molecular flexibility index (Phi) is 7.06. The lowest BCUT2D eigenvalue weighted by Crippen LogP contribution is -2.38. The normalized spacial score (nSPS) is 14.3. The monoisotopic (exact) mass is 357 g/mol. The van der Waals surface area contributed by atoms with Gasteiger partial charge >= 0.3 is 0 Å². The maximum atomic E-state index is 12.2. The second-order valence-corrected chi connectivity index (χ2v) is 5.61. The van der Waals surface area contributed by atoms with Crippen LogP contribution < -0.4 is 11.1 Å². The van der Waals surface area contributed by atoms with Gasteiger partial charge in [-0.25, -0.2) is 4.98 Å². The number of carbonyl (C=O) groups excluding carboxylic acids is 1. The molecule has 1 amide bonds. The van der Waals surface area contributed by atoms with Crippen molar-refractivity contribution in [2.45, 2.75) is 25.8 Å². The number of aryl methyl sites for hydroxylation is 1.